The molecule has 0 unspecified atom stereocenters. The third kappa shape index (κ3) is 4.29. The molecule has 1 aromatic carbocycles. The molecule has 1 saturated carbocycles. The van der Waals surface area contributed by atoms with Crippen molar-refractivity contribution in [1.82, 2.24) is 10.2 Å². The van der Waals surface area contributed by atoms with Crippen LogP contribution in [-0.4, -0.2) is 46.9 Å². The van der Waals surface area contributed by atoms with Gasteiger partial charge < -0.3 is 15.4 Å². The number of ether oxygens (including phenoxy) is 1. The van der Waals surface area contributed by atoms with Crippen molar-refractivity contribution in [2.75, 3.05) is 11.9 Å². The number of carbonyl (C=O) groups is 4. The third-order valence-electron chi connectivity index (χ3n) is 6.70. The van der Waals surface area contributed by atoms with Crippen LogP contribution in [0.2, 0.25) is 0 Å². The van der Waals surface area contributed by atoms with Gasteiger partial charge in [0, 0.05) is 5.69 Å². The van der Waals surface area contributed by atoms with E-state index in [0.717, 1.165) is 37.0 Å². The maximum absolute atomic E-state index is 12.8. The van der Waals surface area contributed by atoms with Crippen LogP contribution in [0.4, 0.5) is 10.5 Å². The quantitative estimate of drug-likeness (QED) is 0.555. The summed E-state index contributed by atoms with van der Waals surface area (Å²) in [6.07, 6.45) is 4.97. The van der Waals surface area contributed by atoms with Crippen LogP contribution in [0, 0.1) is 5.92 Å². The van der Waals surface area contributed by atoms with Crippen molar-refractivity contribution in [2.24, 2.45) is 5.92 Å². The first-order chi connectivity index (χ1) is 14.8. The molecule has 1 spiro atoms. The first-order valence-corrected chi connectivity index (χ1v) is 11.0. The second-order valence-electron chi connectivity index (χ2n) is 9.04. The number of hydrogen-bond donors (Lipinski definition) is 2. The number of rotatable bonds is 5. The van der Waals surface area contributed by atoms with Crippen LogP contribution in [0.3, 0.4) is 0 Å². The van der Waals surface area contributed by atoms with Gasteiger partial charge in [-0.2, -0.15) is 0 Å². The number of urea groups is 1. The number of benzene rings is 1. The first-order valence-electron chi connectivity index (χ1n) is 11.0. The zero-order chi connectivity index (χ0) is 22.2. The molecular formula is C23H29N3O5. The molecule has 1 heterocycles. The molecule has 2 fully saturated rings. The van der Waals surface area contributed by atoms with E-state index in [0.29, 0.717) is 24.4 Å². The van der Waals surface area contributed by atoms with E-state index >= 15 is 0 Å². The van der Waals surface area contributed by atoms with Gasteiger partial charge in [-0.3, -0.25) is 19.3 Å². The van der Waals surface area contributed by atoms with Gasteiger partial charge in [-0.15, -0.1) is 0 Å². The van der Waals surface area contributed by atoms with Gasteiger partial charge in [0.05, 0.1) is 0 Å². The summed E-state index contributed by atoms with van der Waals surface area (Å²) in [5.41, 5.74) is 2.29. The molecule has 1 saturated heterocycles. The summed E-state index contributed by atoms with van der Waals surface area (Å²) in [7, 11) is 0. The number of anilines is 1. The number of fused-ring (bicyclic) bond motifs is 1. The smallest absolute Gasteiger partial charge is 0.327 e. The molecule has 1 aromatic rings. The van der Waals surface area contributed by atoms with Crippen LogP contribution in [0.25, 0.3) is 0 Å². The number of carbonyl (C=O) groups excluding carboxylic acids is 4. The van der Waals surface area contributed by atoms with E-state index in [-0.39, 0.29) is 5.91 Å². The van der Waals surface area contributed by atoms with Gasteiger partial charge in [0.2, 0.25) is 0 Å². The standard InChI is InChI=1S/C23H29N3O5/c1-14-8-10-23(11-9-14)21(29)26(22(30)25-23)13-19(27)31-15(2)20(28)24-18-7-6-16-4-3-5-17(16)12-18/h6-7,12,14-15H,3-5,8-11,13H2,1-2H3,(H,24,28)(H,25,30)/t14?,15-,23?/m0/s1. The van der Waals surface area contributed by atoms with E-state index < -0.39 is 36.1 Å². The average molecular weight is 428 g/mol. The number of hydrogen-bond acceptors (Lipinski definition) is 5. The molecular weight excluding hydrogens is 398 g/mol. The summed E-state index contributed by atoms with van der Waals surface area (Å²) < 4.78 is 5.20. The fourth-order valence-corrected chi connectivity index (χ4v) is 4.72. The number of nitrogens with one attached hydrogen (secondary N) is 2. The van der Waals surface area contributed by atoms with Gasteiger partial charge in [0.1, 0.15) is 12.1 Å². The van der Waals surface area contributed by atoms with Gasteiger partial charge in [0.25, 0.3) is 11.8 Å². The highest BCUT2D eigenvalue weighted by atomic mass is 16.5. The monoisotopic (exact) mass is 427 g/mol. The van der Waals surface area contributed by atoms with Crippen molar-refractivity contribution in [2.45, 2.75) is 70.4 Å². The van der Waals surface area contributed by atoms with Crippen LogP contribution in [0.15, 0.2) is 18.2 Å². The lowest BCUT2D eigenvalue weighted by molar-refractivity contribution is -0.155. The van der Waals surface area contributed by atoms with Gasteiger partial charge in [-0.1, -0.05) is 13.0 Å². The predicted molar refractivity (Wildman–Crippen MR) is 113 cm³/mol. The van der Waals surface area contributed by atoms with Crippen molar-refractivity contribution in [3.05, 3.63) is 29.3 Å². The maximum atomic E-state index is 12.8. The van der Waals surface area contributed by atoms with Crippen LogP contribution >= 0.6 is 0 Å². The van der Waals surface area contributed by atoms with Gasteiger partial charge >= 0.3 is 12.0 Å². The minimum atomic E-state index is -1.05. The Labute approximate surface area is 181 Å². The van der Waals surface area contributed by atoms with E-state index in [9.17, 15) is 19.2 Å². The fourth-order valence-electron chi connectivity index (χ4n) is 4.72. The minimum absolute atomic E-state index is 0.378. The third-order valence-corrected chi connectivity index (χ3v) is 6.70. The Bertz CT molecular complexity index is 920. The normalized spacial score (nSPS) is 25.9. The minimum Gasteiger partial charge on any atom is -0.451 e. The maximum Gasteiger partial charge on any atom is 0.327 e. The number of amides is 4. The Morgan fingerprint density at radius 3 is 2.68 bits per heavy atom. The highest BCUT2D eigenvalue weighted by molar-refractivity contribution is 6.08. The van der Waals surface area contributed by atoms with E-state index in [1.54, 1.807) is 0 Å². The zero-order valence-electron chi connectivity index (χ0n) is 18.0. The second-order valence-corrected chi connectivity index (χ2v) is 9.04. The number of esters is 1. The Morgan fingerprint density at radius 2 is 1.94 bits per heavy atom. The number of nitrogens with zero attached hydrogens (tertiary/aromatic N) is 1. The average Bonchev–Trinajstić information content (AvgIpc) is 3.28. The molecule has 8 heteroatoms. The molecule has 4 rings (SSSR count). The topological polar surface area (TPSA) is 105 Å². The van der Waals surface area contributed by atoms with Crippen molar-refractivity contribution in [3.63, 3.8) is 0 Å². The summed E-state index contributed by atoms with van der Waals surface area (Å²) in [6.45, 7) is 3.09. The Balaban J connectivity index is 1.31. The first kappa shape index (κ1) is 21.3. The molecule has 2 aliphatic carbocycles. The van der Waals surface area contributed by atoms with Gasteiger partial charge in [-0.25, -0.2) is 4.79 Å². The Kier molecular flexibility index (Phi) is 5.73. The van der Waals surface area contributed by atoms with Crippen molar-refractivity contribution >= 4 is 29.5 Å². The second kappa shape index (κ2) is 8.32. The van der Waals surface area contributed by atoms with Crippen LogP contribution in [0.5, 0.6) is 0 Å². The van der Waals surface area contributed by atoms with Gasteiger partial charge in [-0.05, 0) is 81.0 Å². The van der Waals surface area contributed by atoms with Crippen molar-refractivity contribution in [3.8, 4) is 0 Å². The van der Waals surface area contributed by atoms with Crippen LogP contribution < -0.4 is 10.6 Å². The lowest BCUT2D eigenvalue weighted by Crippen LogP contribution is -2.49. The molecule has 0 bridgehead atoms. The Hall–Kier alpha value is -2.90. The summed E-state index contributed by atoms with van der Waals surface area (Å²) in [5, 5.41) is 5.54. The summed E-state index contributed by atoms with van der Waals surface area (Å²) in [6, 6.07) is 5.22. The van der Waals surface area contributed by atoms with Crippen molar-refractivity contribution in [1.29, 1.82) is 0 Å². The molecule has 2 N–H and O–H groups in total. The fraction of sp³-hybridized carbons (Fsp3) is 0.565. The number of aryl methyl sites for hydroxylation is 2. The summed E-state index contributed by atoms with van der Waals surface area (Å²) in [4.78, 5) is 50.9. The predicted octanol–water partition coefficient (Wildman–Crippen LogP) is 2.55. The molecule has 1 atom stereocenters. The molecule has 0 radical (unpaired) electrons. The highest BCUT2D eigenvalue weighted by Crippen LogP contribution is 2.36. The SMILES string of the molecule is CC1CCC2(CC1)NC(=O)N(CC(=O)O[C@@H](C)C(=O)Nc1ccc3c(c1)CCC3)C2=O. The van der Waals surface area contributed by atoms with E-state index in [2.05, 4.69) is 17.6 Å². The molecule has 3 aliphatic rings. The Morgan fingerprint density at radius 1 is 1.23 bits per heavy atom. The summed E-state index contributed by atoms with van der Waals surface area (Å²) >= 11 is 0. The largest absolute Gasteiger partial charge is 0.451 e. The zero-order valence-corrected chi connectivity index (χ0v) is 18.0. The van der Waals surface area contributed by atoms with E-state index in [1.807, 2.05) is 18.2 Å². The van der Waals surface area contributed by atoms with Crippen LogP contribution in [0.1, 0.15) is 57.1 Å². The molecule has 1 aliphatic heterocycles. The molecule has 31 heavy (non-hydrogen) atoms. The molecule has 8 nitrogen and oxygen atoms in total. The van der Waals surface area contributed by atoms with Gasteiger partial charge in [0.15, 0.2) is 6.10 Å². The summed E-state index contributed by atoms with van der Waals surface area (Å²) in [5.74, 6) is -1.11. The molecule has 166 valence electrons. The van der Waals surface area contributed by atoms with Crippen molar-refractivity contribution < 1.29 is 23.9 Å². The van der Waals surface area contributed by atoms with Crippen LogP contribution in [-0.2, 0) is 32.0 Å². The van der Waals surface area contributed by atoms with E-state index in [1.165, 1.54) is 18.1 Å². The van der Waals surface area contributed by atoms with E-state index in [4.69, 9.17) is 4.74 Å². The molecule has 4 amide bonds. The molecule has 0 aromatic heterocycles. The lowest BCUT2D eigenvalue weighted by Gasteiger charge is -2.33. The number of imide groups is 1. The lowest BCUT2D eigenvalue weighted by atomic mass is 9.77. The highest BCUT2D eigenvalue weighted by Gasteiger charge is 2.52.